The second-order valence-electron chi connectivity index (χ2n) is 8.76. The van der Waals surface area contributed by atoms with E-state index in [4.69, 9.17) is 0 Å². The van der Waals surface area contributed by atoms with Gasteiger partial charge in [0, 0.05) is 25.2 Å². The van der Waals surface area contributed by atoms with Gasteiger partial charge in [0.2, 0.25) is 11.8 Å². The summed E-state index contributed by atoms with van der Waals surface area (Å²) in [7, 11) is 0. The van der Waals surface area contributed by atoms with Gasteiger partial charge in [-0.05, 0) is 49.9 Å². The highest BCUT2D eigenvalue weighted by atomic mass is 16.2. The molecule has 2 fully saturated rings. The van der Waals surface area contributed by atoms with Gasteiger partial charge < -0.3 is 15.5 Å². The highest BCUT2D eigenvalue weighted by Crippen LogP contribution is 2.29. The Kier molecular flexibility index (Phi) is 6.18. The average molecular weight is 449 g/mol. The van der Waals surface area contributed by atoms with Crippen molar-refractivity contribution in [2.24, 2.45) is 0 Å². The molecule has 0 aliphatic carbocycles. The van der Waals surface area contributed by atoms with Crippen LogP contribution in [0.1, 0.15) is 42.9 Å². The van der Waals surface area contributed by atoms with Crippen LogP contribution in [0.2, 0.25) is 0 Å². The molecule has 0 aromatic heterocycles. The van der Waals surface area contributed by atoms with Crippen molar-refractivity contribution in [3.05, 3.63) is 65.2 Å². The number of aryl methyl sites for hydroxylation is 1. The first-order valence-electron chi connectivity index (χ1n) is 11.2. The number of hydrogen-bond acceptors (Lipinski definition) is 4. The molecule has 2 heterocycles. The molecule has 33 heavy (non-hydrogen) atoms. The molecule has 0 bridgehead atoms. The summed E-state index contributed by atoms with van der Waals surface area (Å²) < 4.78 is 0. The standard InChI is InChI=1S/C25H28N4O4/c1-17-9-11-19(12-10-17)25(2)23(32)29(24(33)27-25)16-21(30)26-15-18-6-5-7-20(14-18)28-13-4-3-8-22(28)31/h5-7,9-12,14H,3-4,8,13,15-16H2,1-2H3,(H,26,30)(H,27,33). The minimum absolute atomic E-state index is 0.109. The van der Waals surface area contributed by atoms with Gasteiger partial charge in [-0.3, -0.25) is 19.3 Å². The molecule has 0 spiro atoms. The predicted molar refractivity (Wildman–Crippen MR) is 123 cm³/mol. The number of urea groups is 1. The fraction of sp³-hybridized carbons (Fsp3) is 0.360. The highest BCUT2D eigenvalue weighted by Gasteiger charge is 2.49. The van der Waals surface area contributed by atoms with Crippen LogP contribution in [0.3, 0.4) is 0 Å². The Morgan fingerprint density at radius 2 is 1.85 bits per heavy atom. The molecule has 2 aliphatic heterocycles. The van der Waals surface area contributed by atoms with Gasteiger partial charge in [-0.1, -0.05) is 42.0 Å². The summed E-state index contributed by atoms with van der Waals surface area (Å²) in [5, 5.41) is 5.48. The van der Waals surface area contributed by atoms with Crippen LogP contribution in [0.25, 0.3) is 0 Å². The number of nitrogens with one attached hydrogen (secondary N) is 2. The maximum Gasteiger partial charge on any atom is 0.325 e. The number of carbonyl (C=O) groups is 4. The summed E-state index contributed by atoms with van der Waals surface area (Å²) in [4.78, 5) is 52.9. The molecule has 5 amide bonds. The second kappa shape index (κ2) is 9.05. The smallest absolute Gasteiger partial charge is 0.325 e. The highest BCUT2D eigenvalue weighted by molar-refractivity contribution is 6.09. The van der Waals surface area contributed by atoms with Crippen molar-refractivity contribution in [1.82, 2.24) is 15.5 Å². The Labute approximate surface area is 192 Å². The lowest BCUT2D eigenvalue weighted by molar-refractivity contribution is -0.134. The van der Waals surface area contributed by atoms with Crippen LogP contribution in [-0.2, 0) is 26.5 Å². The number of imide groups is 1. The third kappa shape index (κ3) is 4.60. The minimum atomic E-state index is -1.21. The summed E-state index contributed by atoms with van der Waals surface area (Å²) >= 11 is 0. The van der Waals surface area contributed by atoms with E-state index in [0.29, 0.717) is 18.5 Å². The van der Waals surface area contributed by atoms with Crippen molar-refractivity contribution in [3.63, 3.8) is 0 Å². The molecule has 2 aromatic rings. The van der Waals surface area contributed by atoms with Gasteiger partial charge in [-0.15, -0.1) is 0 Å². The lowest BCUT2D eigenvalue weighted by atomic mass is 9.91. The first-order chi connectivity index (χ1) is 15.8. The van der Waals surface area contributed by atoms with E-state index in [1.165, 1.54) is 0 Å². The average Bonchev–Trinajstić information content (AvgIpc) is 3.02. The number of nitrogens with zero attached hydrogens (tertiary/aromatic N) is 2. The molecule has 0 radical (unpaired) electrons. The molecule has 8 heteroatoms. The van der Waals surface area contributed by atoms with Crippen LogP contribution < -0.4 is 15.5 Å². The molecular weight excluding hydrogens is 420 g/mol. The van der Waals surface area contributed by atoms with Crippen molar-refractivity contribution < 1.29 is 19.2 Å². The summed E-state index contributed by atoms with van der Waals surface area (Å²) in [6.07, 6.45) is 2.44. The molecular formula is C25H28N4O4. The molecule has 1 atom stereocenters. The molecule has 2 saturated heterocycles. The van der Waals surface area contributed by atoms with Crippen molar-refractivity contribution in [2.45, 2.75) is 45.2 Å². The topological polar surface area (TPSA) is 98.8 Å². The summed E-state index contributed by atoms with van der Waals surface area (Å²) in [5.74, 6) is -0.791. The van der Waals surface area contributed by atoms with Crippen LogP contribution in [0.4, 0.5) is 10.5 Å². The second-order valence-corrected chi connectivity index (χ2v) is 8.76. The fourth-order valence-corrected chi connectivity index (χ4v) is 4.24. The van der Waals surface area contributed by atoms with E-state index in [9.17, 15) is 19.2 Å². The number of benzene rings is 2. The summed E-state index contributed by atoms with van der Waals surface area (Å²) in [6.45, 7) is 4.14. The van der Waals surface area contributed by atoms with Gasteiger partial charge in [0.05, 0.1) is 0 Å². The Bertz CT molecular complexity index is 1100. The first-order valence-corrected chi connectivity index (χ1v) is 11.2. The van der Waals surface area contributed by atoms with Crippen LogP contribution >= 0.6 is 0 Å². The van der Waals surface area contributed by atoms with Gasteiger partial charge in [-0.2, -0.15) is 0 Å². The maximum absolute atomic E-state index is 13.0. The predicted octanol–water partition coefficient (Wildman–Crippen LogP) is 2.60. The van der Waals surface area contributed by atoms with Crippen LogP contribution in [0, 0.1) is 6.92 Å². The Balaban J connectivity index is 1.38. The van der Waals surface area contributed by atoms with Gasteiger partial charge >= 0.3 is 6.03 Å². The van der Waals surface area contributed by atoms with Crippen LogP contribution in [-0.4, -0.2) is 41.7 Å². The van der Waals surface area contributed by atoms with E-state index in [-0.39, 0.29) is 19.0 Å². The molecule has 172 valence electrons. The number of amides is 5. The lowest BCUT2D eigenvalue weighted by Crippen LogP contribution is -2.43. The van der Waals surface area contributed by atoms with Crippen LogP contribution in [0.5, 0.6) is 0 Å². The largest absolute Gasteiger partial charge is 0.350 e. The number of piperidine rings is 1. The van der Waals surface area contributed by atoms with E-state index in [2.05, 4.69) is 10.6 Å². The SMILES string of the molecule is Cc1ccc(C2(C)NC(=O)N(CC(=O)NCc3cccc(N4CCCCC4=O)c3)C2=O)cc1. The third-order valence-electron chi connectivity index (χ3n) is 6.24. The van der Waals surface area contributed by atoms with E-state index >= 15 is 0 Å². The lowest BCUT2D eigenvalue weighted by Gasteiger charge is -2.27. The molecule has 0 saturated carbocycles. The van der Waals surface area contributed by atoms with Gasteiger partial charge in [0.25, 0.3) is 5.91 Å². The van der Waals surface area contributed by atoms with Gasteiger partial charge in [0.1, 0.15) is 12.1 Å². The van der Waals surface area contributed by atoms with Crippen LogP contribution in [0.15, 0.2) is 48.5 Å². The Hall–Kier alpha value is -3.68. The zero-order valence-electron chi connectivity index (χ0n) is 18.9. The maximum atomic E-state index is 13.0. The van der Waals surface area contributed by atoms with Crippen molar-refractivity contribution in [2.75, 3.05) is 18.0 Å². The van der Waals surface area contributed by atoms with E-state index < -0.39 is 23.4 Å². The number of hydrogen-bond donors (Lipinski definition) is 2. The normalized spacial score (nSPS) is 20.7. The molecule has 2 N–H and O–H groups in total. The molecule has 4 rings (SSSR count). The zero-order valence-corrected chi connectivity index (χ0v) is 18.9. The van der Waals surface area contributed by atoms with Crippen molar-refractivity contribution >= 4 is 29.4 Å². The quantitative estimate of drug-likeness (QED) is 0.664. The van der Waals surface area contributed by atoms with E-state index in [1.54, 1.807) is 24.0 Å². The molecule has 8 nitrogen and oxygen atoms in total. The monoisotopic (exact) mass is 448 g/mol. The Morgan fingerprint density at radius 3 is 2.58 bits per heavy atom. The Morgan fingerprint density at radius 1 is 1.09 bits per heavy atom. The fourth-order valence-electron chi connectivity index (χ4n) is 4.24. The molecule has 2 aliphatic rings. The van der Waals surface area contributed by atoms with E-state index in [1.807, 2.05) is 43.3 Å². The van der Waals surface area contributed by atoms with Gasteiger partial charge in [-0.25, -0.2) is 4.79 Å². The van der Waals surface area contributed by atoms with Crippen molar-refractivity contribution in [3.8, 4) is 0 Å². The summed E-state index contributed by atoms with van der Waals surface area (Å²) in [5.41, 5.74) is 2.15. The minimum Gasteiger partial charge on any atom is -0.350 e. The third-order valence-corrected chi connectivity index (χ3v) is 6.24. The number of rotatable bonds is 6. The van der Waals surface area contributed by atoms with Gasteiger partial charge in [0.15, 0.2) is 0 Å². The number of carbonyl (C=O) groups excluding carboxylic acids is 4. The number of anilines is 1. The summed E-state index contributed by atoms with van der Waals surface area (Å²) in [6, 6.07) is 14.2. The first kappa shape index (κ1) is 22.5. The zero-order chi connectivity index (χ0) is 23.6. The molecule has 1 unspecified atom stereocenters. The van der Waals surface area contributed by atoms with Crippen molar-refractivity contribution in [1.29, 1.82) is 0 Å². The van der Waals surface area contributed by atoms with E-state index in [0.717, 1.165) is 34.6 Å². The molecule has 2 aromatic carbocycles.